The van der Waals surface area contributed by atoms with Gasteiger partial charge in [0.05, 0.1) is 28.9 Å². The molecule has 0 rings (SSSR count). The van der Waals surface area contributed by atoms with Crippen LogP contribution >= 0.6 is 15.6 Å². The Labute approximate surface area is 156 Å². The van der Waals surface area contributed by atoms with E-state index in [1.807, 2.05) is 0 Å². The number of aliphatic hydroxyl groups excluding tert-OH is 3. The van der Waals surface area contributed by atoms with Crippen molar-refractivity contribution in [1.29, 1.82) is 0 Å². The van der Waals surface area contributed by atoms with Crippen molar-refractivity contribution >= 4 is 91.1 Å². The summed E-state index contributed by atoms with van der Waals surface area (Å²) in [4.78, 5) is 37.3. The van der Waals surface area contributed by atoms with Crippen LogP contribution in [0.25, 0.3) is 0 Å². The second kappa shape index (κ2) is 13.6. The zero-order chi connectivity index (χ0) is 12.7. The molecule has 17 heavy (non-hydrogen) atoms. The normalized spacial score (nSPS) is 10.8. The van der Waals surface area contributed by atoms with Gasteiger partial charge in [-0.05, 0) is 0 Å². The van der Waals surface area contributed by atoms with Crippen LogP contribution in [0.1, 0.15) is 0 Å². The standard InChI is InChI=1S/C3H8O3.2Ca.H4O7P2/c4-1-3(6)2-5;;;1-8(2,3)7-9(4,5)6/h3-6H,1-2H2;;;(H2,1,2,3)(H2,4,5,6)/q;2*+2;/p-4. The van der Waals surface area contributed by atoms with Crippen molar-refractivity contribution in [1.82, 2.24) is 0 Å². The Morgan fingerprint density at radius 3 is 1.18 bits per heavy atom. The number of phosphoric acid groups is 2. The predicted molar refractivity (Wildman–Crippen MR) is 48.0 cm³/mol. The summed E-state index contributed by atoms with van der Waals surface area (Å²) in [5.41, 5.74) is 0. The smallest absolute Gasteiger partial charge is 0.790 e. The molecule has 0 bridgehead atoms. The molecule has 0 radical (unpaired) electrons. The van der Waals surface area contributed by atoms with Gasteiger partial charge in [-0.25, -0.2) is 0 Å². The molecule has 3 N–H and O–H groups in total. The molecule has 0 aliphatic rings. The maximum absolute atomic E-state index is 9.32. The quantitative estimate of drug-likeness (QED) is 0.326. The first kappa shape index (κ1) is 27.9. The number of rotatable bonds is 4. The van der Waals surface area contributed by atoms with E-state index in [2.05, 4.69) is 4.31 Å². The zero-order valence-corrected chi connectivity index (χ0v) is 14.7. The van der Waals surface area contributed by atoms with Crippen LogP contribution in [0, 0.1) is 0 Å². The van der Waals surface area contributed by atoms with Crippen molar-refractivity contribution in [3.05, 3.63) is 0 Å². The summed E-state index contributed by atoms with van der Waals surface area (Å²) < 4.78 is 21.2. The van der Waals surface area contributed by atoms with Crippen LogP contribution in [-0.2, 0) is 13.4 Å². The topological polar surface area (TPSA) is 196 Å². The maximum atomic E-state index is 9.32. The predicted octanol–water partition coefficient (Wildman–Crippen LogP) is -5.77. The molecule has 0 aromatic carbocycles. The van der Waals surface area contributed by atoms with Crippen molar-refractivity contribution in [2.24, 2.45) is 0 Å². The van der Waals surface area contributed by atoms with E-state index in [1.54, 1.807) is 0 Å². The summed E-state index contributed by atoms with van der Waals surface area (Å²) in [6.07, 6.45) is -0.954. The molecule has 10 nitrogen and oxygen atoms in total. The molecule has 94 valence electrons. The first-order valence-corrected chi connectivity index (χ1v) is 6.09. The van der Waals surface area contributed by atoms with Crippen molar-refractivity contribution in [2.75, 3.05) is 13.2 Å². The number of hydrogen-bond acceptors (Lipinski definition) is 10. The molecule has 0 aromatic rings. The molecule has 0 heterocycles. The average molecular weight is 346 g/mol. The summed E-state index contributed by atoms with van der Waals surface area (Å²) in [5, 5.41) is 24.0. The van der Waals surface area contributed by atoms with Gasteiger partial charge in [-0.15, -0.1) is 0 Å². The van der Waals surface area contributed by atoms with Crippen molar-refractivity contribution < 1.29 is 48.3 Å². The van der Waals surface area contributed by atoms with Gasteiger partial charge < -0.3 is 48.3 Å². The van der Waals surface area contributed by atoms with Crippen LogP contribution in [0.3, 0.4) is 0 Å². The van der Waals surface area contributed by atoms with Gasteiger partial charge in [0, 0.05) is 0 Å². The average Bonchev–Trinajstić information content (AvgIpc) is 1.97. The van der Waals surface area contributed by atoms with Crippen LogP contribution in [0.2, 0.25) is 0 Å². The van der Waals surface area contributed by atoms with Crippen LogP contribution in [0.5, 0.6) is 0 Å². The van der Waals surface area contributed by atoms with Gasteiger partial charge in [-0.2, -0.15) is 0 Å². The molecule has 0 saturated carbocycles. The zero-order valence-electron chi connectivity index (χ0n) is 8.50. The fourth-order valence-corrected chi connectivity index (χ4v) is 1.16. The van der Waals surface area contributed by atoms with E-state index in [1.165, 1.54) is 0 Å². The summed E-state index contributed by atoms with van der Waals surface area (Å²) >= 11 is 0. The summed E-state index contributed by atoms with van der Waals surface area (Å²) in [6.45, 7) is -0.729. The van der Waals surface area contributed by atoms with E-state index in [4.69, 9.17) is 15.3 Å². The monoisotopic (exact) mass is 346 g/mol. The molecule has 0 aliphatic heterocycles. The largest absolute Gasteiger partial charge is 2.00 e. The Balaban J connectivity index is -0.0000000945. The SMILES string of the molecule is O=P([O-])([O-])OP(=O)([O-])[O-].OCC(O)CO.[Ca+2].[Ca+2]. The third-order valence-electron chi connectivity index (χ3n) is 0.621. The molecular formula is C3H8Ca2O10P2. The van der Waals surface area contributed by atoms with Gasteiger partial charge in [0.25, 0.3) is 0 Å². The van der Waals surface area contributed by atoms with Gasteiger partial charge in [-0.1, -0.05) is 0 Å². The molecule has 0 amide bonds. The third-order valence-corrected chi connectivity index (χ3v) is 2.22. The fourth-order valence-electron chi connectivity index (χ4n) is 0.180. The minimum atomic E-state index is -5.68. The Kier molecular flexibility index (Phi) is 22.4. The maximum Gasteiger partial charge on any atom is 2.00 e. The van der Waals surface area contributed by atoms with Crippen LogP contribution in [-0.4, -0.2) is 110 Å². The van der Waals surface area contributed by atoms with E-state index in [9.17, 15) is 28.7 Å². The number of hydrogen-bond donors (Lipinski definition) is 3. The third kappa shape index (κ3) is 32.3. The molecule has 14 heteroatoms. The molecule has 0 atom stereocenters. The second-order valence-corrected chi connectivity index (χ2v) is 4.44. The van der Waals surface area contributed by atoms with Gasteiger partial charge in [-0.3, -0.25) is 0 Å². The Hall–Kier alpha value is 2.66. The Morgan fingerprint density at radius 2 is 1.18 bits per heavy atom. The van der Waals surface area contributed by atoms with Crippen LogP contribution in [0.15, 0.2) is 0 Å². The Morgan fingerprint density at radius 1 is 0.941 bits per heavy atom. The summed E-state index contributed by atoms with van der Waals surface area (Å²) in [7, 11) is -11.4. The van der Waals surface area contributed by atoms with E-state index in [0.717, 1.165) is 0 Å². The first-order chi connectivity index (χ1) is 6.52. The van der Waals surface area contributed by atoms with Gasteiger partial charge in [0.15, 0.2) is 0 Å². The van der Waals surface area contributed by atoms with E-state index >= 15 is 0 Å². The van der Waals surface area contributed by atoms with Crippen LogP contribution < -0.4 is 19.6 Å². The Bertz CT molecular complexity index is 224. The first-order valence-electron chi connectivity index (χ1n) is 3.17. The van der Waals surface area contributed by atoms with Gasteiger partial charge in [0.1, 0.15) is 6.10 Å². The van der Waals surface area contributed by atoms with Crippen molar-refractivity contribution in [2.45, 2.75) is 6.10 Å². The molecule has 0 spiro atoms. The summed E-state index contributed by atoms with van der Waals surface area (Å²) in [5.74, 6) is 0. The molecular weight excluding hydrogens is 338 g/mol. The molecule has 0 saturated heterocycles. The van der Waals surface area contributed by atoms with Gasteiger partial charge >= 0.3 is 75.5 Å². The van der Waals surface area contributed by atoms with Gasteiger partial charge in [0.2, 0.25) is 0 Å². The number of aliphatic hydroxyl groups is 3. The van der Waals surface area contributed by atoms with E-state index in [0.29, 0.717) is 0 Å². The van der Waals surface area contributed by atoms with Crippen LogP contribution in [0.4, 0.5) is 0 Å². The molecule has 0 unspecified atom stereocenters. The molecule has 0 aliphatic carbocycles. The van der Waals surface area contributed by atoms with Crippen molar-refractivity contribution in [3.8, 4) is 0 Å². The summed E-state index contributed by atoms with van der Waals surface area (Å²) in [6, 6.07) is 0. The second-order valence-electron chi connectivity index (χ2n) is 2.00. The van der Waals surface area contributed by atoms with Crippen molar-refractivity contribution in [3.63, 3.8) is 0 Å². The minimum absolute atomic E-state index is 0. The molecule has 0 aromatic heterocycles. The van der Waals surface area contributed by atoms with E-state index in [-0.39, 0.29) is 88.7 Å². The minimum Gasteiger partial charge on any atom is -0.790 e. The fraction of sp³-hybridized carbons (Fsp3) is 1.00. The molecule has 0 fully saturated rings. The van der Waals surface area contributed by atoms with E-state index < -0.39 is 21.7 Å².